The molecule has 0 fully saturated rings. The van der Waals surface area contributed by atoms with Crippen molar-refractivity contribution in [3.8, 4) is 17.3 Å². The van der Waals surface area contributed by atoms with Gasteiger partial charge in [-0.1, -0.05) is 17.3 Å². The number of anilines is 1. The van der Waals surface area contributed by atoms with E-state index in [1.165, 1.54) is 4.68 Å². The van der Waals surface area contributed by atoms with Crippen molar-refractivity contribution in [3.63, 3.8) is 0 Å². The zero-order valence-electron chi connectivity index (χ0n) is 10.2. The largest absolute Gasteiger partial charge is 0.476 e. The lowest BCUT2D eigenvalue weighted by Crippen LogP contribution is -2.04. The molecule has 0 saturated carbocycles. The highest BCUT2D eigenvalue weighted by atomic mass is 16.4. The molecule has 3 N–H and O–H groups in total. The topological polar surface area (TPSA) is 118 Å². The second-order valence-corrected chi connectivity index (χ2v) is 3.98. The smallest absolute Gasteiger partial charge is 0.358 e. The predicted octanol–water partition coefficient (Wildman–Crippen LogP) is 1.06. The number of nitrogen functional groups attached to an aromatic ring is 1. The van der Waals surface area contributed by atoms with Gasteiger partial charge in [0.15, 0.2) is 5.69 Å². The van der Waals surface area contributed by atoms with Gasteiger partial charge in [-0.3, -0.25) is 0 Å². The van der Waals surface area contributed by atoms with Crippen molar-refractivity contribution in [2.75, 3.05) is 5.73 Å². The van der Waals surface area contributed by atoms with Crippen LogP contribution < -0.4 is 5.73 Å². The van der Waals surface area contributed by atoms with E-state index < -0.39 is 5.97 Å². The van der Waals surface area contributed by atoms with Gasteiger partial charge in [0.1, 0.15) is 12.2 Å². The minimum absolute atomic E-state index is 0.0800. The molecule has 0 amide bonds. The van der Waals surface area contributed by atoms with E-state index in [1.807, 2.05) is 13.0 Å². The van der Waals surface area contributed by atoms with Crippen molar-refractivity contribution >= 4 is 11.7 Å². The first-order valence-corrected chi connectivity index (χ1v) is 5.45. The Kier molecular flexibility index (Phi) is 3.16. The number of benzene rings is 1. The molecule has 2 rings (SSSR count). The molecule has 2 aromatic rings. The maximum Gasteiger partial charge on any atom is 0.358 e. The first kappa shape index (κ1) is 12.6. The molecule has 0 spiro atoms. The minimum Gasteiger partial charge on any atom is -0.476 e. The summed E-state index contributed by atoms with van der Waals surface area (Å²) in [5.41, 5.74) is 7.90. The first-order chi connectivity index (χ1) is 9.04. The number of carbonyl (C=O) groups is 1. The van der Waals surface area contributed by atoms with Gasteiger partial charge in [0, 0.05) is 11.3 Å². The molecule has 1 aromatic carbocycles. The third-order valence-corrected chi connectivity index (χ3v) is 2.71. The van der Waals surface area contributed by atoms with Gasteiger partial charge in [-0.15, -0.1) is 5.10 Å². The maximum atomic E-state index is 11.1. The van der Waals surface area contributed by atoms with E-state index in [4.69, 9.17) is 16.1 Å². The molecule has 7 nitrogen and oxygen atoms in total. The normalized spacial score (nSPS) is 10.1. The van der Waals surface area contributed by atoms with Gasteiger partial charge < -0.3 is 10.8 Å². The van der Waals surface area contributed by atoms with Crippen LogP contribution in [0.5, 0.6) is 0 Å². The molecule has 0 aliphatic rings. The van der Waals surface area contributed by atoms with Gasteiger partial charge in [-0.2, -0.15) is 5.26 Å². The molecular weight excluding hydrogens is 246 g/mol. The number of rotatable bonds is 3. The molecule has 0 radical (unpaired) electrons. The van der Waals surface area contributed by atoms with Crippen LogP contribution in [0.15, 0.2) is 18.2 Å². The number of nitriles is 1. The van der Waals surface area contributed by atoms with Crippen LogP contribution >= 0.6 is 0 Å². The fourth-order valence-electron chi connectivity index (χ4n) is 1.71. The molecule has 1 heterocycles. The Morgan fingerprint density at radius 2 is 2.32 bits per heavy atom. The SMILES string of the molecule is Cc1ccc(-c2c(C(=O)O)nnn2CC#N)cc1N. The van der Waals surface area contributed by atoms with Gasteiger partial charge in [-0.25, -0.2) is 9.48 Å². The third-order valence-electron chi connectivity index (χ3n) is 2.71. The Morgan fingerprint density at radius 3 is 2.89 bits per heavy atom. The fourth-order valence-corrected chi connectivity index (χ4v) is 1.71. The number of carboxylic acids is 1. The number of nitrogens with zero attached hydrogens (tertiary/aromatic N) is 4. The van der Waals surface area contributed by atoms with Crippen LogP contribution in [0.25, 0.3) is 11.3 Å². The van der Waals surface area contributed by atoms with Crippen LogP contribution in [0.3, 0.4) is 0 Å². The van der Waals surface area contributed by atoms with Gasteiger partial charge in [0.05, 0.1) is 6.07 Å². The third kappa shape index (κ3) is 2.24. The second-order valence-electron chi connectivity index (χ2n) is 3.98. The van der Waals surface area contributed by atoms with Crippen LogP contribution in [0.4, 0.5) is 5.69 Å². The lowest BCUT2D eigenvalue weighted by molar-refractivity contribution is 0.0691. The highest BCUT2D eigenvalue weighted by Crippen LogP contribution is 2.25. The van der Waals surface area contributed by atoms with Crippen molar-refractivity contribution in [3.05, 3.63) is 29.5 Å². The summed E-state index contributed by atoms with van der Waals surface area (Å²) in [4.78, 5) is 11.1. The lowest BCUT2D eigenvalue weighted by atomic mass is 10.1. The summed E-state index contributed by atoms with van der Waals surface area (Å²) >= 11 is 0. The number of nitrogens with two attached hydrogens (primary N) is 1. The Balaban J connectivity index is 2.64. The number of aromatic nitrogens is 3. The number of aromatic carboxylic acids is 1. The maximum absolute atomic E-state index is 11.1. The monoisotopic (exact) mass is 257 g/mol. The van der Waals surface area contributed by atoms with Gasteiger partial charge in [0.25, 0.3) is 0 Å². The van der Waals surface area contributed by atoms with Crippen molar-refractivity contribution in [1.82, 2.24) is 15.0 Å². The van der Waals surface area contributed by atoms with E-state index in [-0.39, 0.29) is 17.9 Å². The number of hydrogen-bond donors (Lipinski definition) is 2. The van der Waals surface area contributed by atoms with Crippen molar-refractivity contribution < 1.29 is 9.90 Å². The van der Waals surface area contributed by atoms with Crippen molar-refractivity contribution in [2.45, 2.75) is 13.5 Å². The number of hydrogen-bond acceptors (Lipinski definition) is 5. The molecule has 0 atom stereocenters. The Labute approximate surface area is 108 Å². The Bertz CT molecular complexity index is 684. The second kappa shape index (κ2) is 4.78. The Morgan fingerprint density at radius 1 is 1.58 bits per heavy atom. The summed E-state index contributed by atoms with van der Waals surface area (Å²) in [7, 11) is 0. The summed E-state index contributed by atoms with van der Waals surface area (Å²) < 4.78 is 1.24. The lowest BCUT2D eigenvalue weighted by Gasteiger charge is -2.06. The molecule has 0 unspecified atom stereocenters. The van der Waals surface area contributed by atoms with E-state index in [2.05, 4.69) is 10.3 Å². The van der Waals surface area contributed by atoms with E-state index in [0.717, 1.165) is 5.56 Å². The fraction of sp³-hybridized carbons (Fsp3) is 0.167. The molecular formula is C12H11N5O2. The van der Waals surface area contributed by atoms with Crippen LogP contribution in [-0.4, -0.2) is 26.1 Å². The molecule has 96 valence electrons. The van der Waals surface area contributed by atoms with Crippen LogP contribution in [0, 0.1) is 18.3 Å². The van der Waals surface area contributed by atoms with Crippen molar-refractivity contribution in [1.29, 1.82) is 5.26 Å². The van der Waals surface area contributed by atoms with Crippen LogP contribution in [0.2, 0.25) is 0 Å². The molecule has 1 aromatic heterocycles. The minimum atomic E-state index is -1.20. The molecule has 0 bridgehead atoms. The number of carboxylic acid groups (broad SMARTS) is 1. The summed E-state index contributed by atoms with van der Waals surface area (Å²) in [5.74, 6) is -1.20. The predicted molar refractivity (Wildman–Crippen MR) is 67.2 cm³/mol. The highest BCUT2D eigenvalue weighted by Gasteiger charge is 2.20. The summed E-state index contributed by atoms with van der Waals surface area (Å²) in [5, 5.41) is 25.1. The standard InChI is InChI=1S/C12H11N5O2/c1-7-2-3-8(6-9(7)14)11-10(12(18)19)15-16-17(11)5-4-13/h2-3,6H,5,14H2,1H3,(H,18,19). The molecule has 0 aliphatic carbocycles. The quantitative estimate of drug-likeness (QED) is 0.793. The summed E-state index contributed by atoms with van der Waals surface area (Å²) in [6.45, 7) is 1.77. The summed E-state index contributed by atoms with van der Waals surface area (Å²) in [6, 6.07) is 7.06. The Hall–Kier alpha value is -2.88. The van der Waals surface area contributed by atoms with E-state index in [1.54, 1.807) is 18.2 Å². The molecule has 0 saturated heterocycles. The molecule has 19 heavy (non-hydrogen) atoms. The van der Waals surface area contributed by atoms with E-state index in [0.29, 0.717) is 11.3 Å². The van der Waals surface area contributed by atoms with E-state index >= 15 is 0 Å². The summed E-state index contributed by atoms with van der Waals surface area (Å²) in [6.07, 6.45) is 0. The molecule has 0 aliphatic heterocycles. The van der Waals surface area contributed by atoms with E-state index in [9.17, 15) is 4.79 Å². The van der Waals surface area contributed by atoms with Crippen LogP contribution in [-0.2, 0) is 6.54 Å². The number of aryl methyl sites for hydroxylation is 1. The van der Waals surface area contributed by atoms with Gasteiger partial charge >= 0.3 is 5.97 Å². The van der Waals surface area contributed by atoms with Crippen molar-refractivity contribution in [2.24, 2.45) is 0 Å². The highest BCUT2D eigenvalue weighted by molar-refractivity contribution is 5.93. The van der Waals surface area contributed by atoms with Crippen LogP contribution in [0.1, 0.15) is 16.1 Å². The van der Waals surface area contributed by atoms with Gasteiger partial charge in [-0.05, 0) is 18.6 Å². The average molecular weight is 257 g/mol. The zero-order chi connectivity index (χ0) is 14.0. The first-order valence-electron chi connectivity index (χ1n) is 5.45. The van der Waals surface area contributed by atoms with Gasteiger partial charge in [0.2, 0.25) is 0 Å². The average Bonchev–Trinajstić information content (AvgIpc) is 2.77. The zero-order valence-corrected chi connectivity index (χ0v) is 10.2. The molecule has 7 heteroatoms.